The number of para-hydroxylation sites is 1. The number of rotatable bonds is 1. The molecule has 1 aliphatic heterocycles. The Kier molecular flexibility index (Phi) is 3.43. The Hall–Kier alpha value is -2.59. The second kappa shape index (κ2) is 5.49. The van der Waals surface area contributed by atoms with Crippen LogP contribution in [0.5, 0.6) is 5.75 Å². The average molecular weight is 340 g/mol. The van der Waals surface area contributed by atoms with Crippen LogP contribution in [0.1, 0.15) is 23.5 Å². The molecule has 0 saturated carbocycles. The Morgan fingerprint density at radius 3 is 2.54 bits per heavy atom. The number of fused-ring (bicyclic) bond motifs is 3. The zero-order chi connectivity index (χ0) is 16.8. The van der Waals surface area contributed by atoms with E-state index in [1.165, 1.54) is 0 Å². The van der Waals surface area contributed by atoms with Crippen LogP contribution in [0.2, 0.25) is 5.02 Å². The van der Waals surface area contributed by atoms with Crippen LogP contribution in [-0.4, -0.2) is 10.5 Å². The molecular formula is C19H14ClNO3. The van der Waals surface area contributed by atoms with Crippen LogP contribution in [0.4, 0.5) is 0 Å². The normalized spacial score (nSPS) is 16.8. The molecule has 2 aromatic carbocycles. The van der Waals surface area contributed by atoms with Crippen LogP contribution in [0.3, 0.4) is 0 Å². The van der Waals surface area contributed by atoms with Gasteiger partial charge in [0.1, 0.15) is 5.75 Å². The molecule has 1 unspecified atom stereocenters. The number of benzene rings is 2. The maximum atomic E-state index is 12.9. The Balaban J connectivity index is 2.05. The summed E-state index contributed by atoms with van der Waals surface area (Å²) in [5, 5.41) is 1.38. The molecule has 1 aliphatic rings. The summed E-state index contributed by atoms with van der Waals surface area (Å²) >= 11 is 5.96. The van der Waals surface area contributed by atoms with Crippen molar-refractivity contribution in [2.45, 2.75) is 12.3 Å². The number of hydrogen-bond donors (Lipinski definition) is 0. The first-order valence-corrected chi connectivity index (χ1v) is 8.02. The van der Waals surface area contributed by atoms with Crippen molar-refractivity contribution in [2.24, 2.45) is 7.05 Å². The van der Waals surface area contributed by atoms with E-state index in [4.69, 9.17) is 16.3 Å². The lowest BCUT2D eigenvalue weighted by Gasteiger charge is -2.26. The lowest BCUT2D eigenvalue weighted by atomic mass is 9.86. The van der Waals surface area contributed by atoms with Crippen LogP contribution in [0.25, 0.3) is 10.9 Å². The molecule has 120 valence electrons. The van der Waals surface area contributed by atoms with Crippen LogP contribution in [0.15, 0.2) is 53.3 Å². The third kappa shape index (κ3) is 2.22. The second-order valence-corrected chi connectivity index (χ2v) is 6.34. The summed E-state index contributed by atoms with van der Waals surface area (Å²) in [4.78, 5) is 25.1. The summed E-state index contributed by atoms with van der Waals surface area (Å²) in [5.74, 6) is -0.285. The van der Waals surface area contributed by atoms with Crippen molar-refractivity contribution in [3.05, 3.63) is 75.0 Å². The summed E-state index contributed by atoms with van der Waals surface area (Å²) in [6, 6.07) is 14.7. The van der Waals surface area contributed by atoms with Gasteiger partial charge in [-0.3, -0.25) is 9.59 Å². The number of nitrogens with zero attached hydrogens (tertiary/aromatic N) is 1. The first-order chi connectivity index (χ1) is 11.6. The molecule has 4 rings (SSSR count). The topological polar surface area (TPSA) is 48.3 Å². The Morgan fingerprint density at radius 1 is 1.08 bits per heavy atom. The number of carbonyl (C=O) groups excluding carboxylic acids is 1. The Morgan fingerprint density at radius 2 is 1.79 bits per heavy atom. The van der Waals surface area contributed by atoms with Crippen LogP contribution in [-0.2, 0) is 11.8 Å². The molecule has 0 bridgehead atoms. The van der Waals surface area contributed by atoms with Gasteiger partial charge in [0.05, 0.1) is 17.5 Å². The molecule has 24 heavy (non-hydrogen) atoms. The molecule has 3 aromatic rings. The molecule has 0 radical (unpaired) electrons. The molecule has 5 heteroatoms. The summed E-state index contributed by atoms with van der Waals surface area (Å²) in [5.41, 5.74) is 2.00. The van der Waals surface area contributed by atoms with Gasteiger partial charge in [0.25, 0.3) is 5.56 Å². The largest absolute Gasteiger partial charge is 0.425 e. The standard InChI is InChI=1S/C19H14ClNO3/c1-21-15-5-3-2-4-13(15)18-17(19(21)23)14(10-16(22)24-18)11-6-8-12(20)9-7-11/h2-9,14H,10H2,1H3. The average Bonchev–Trinajstić information content (AvgIpc) is 2.59. The van der Waals surface area contributed by atoms with Crippen molar-refractivity contribution in [2.75, 3.05) is 0 Å². The van der Waals surface area contributed by atoms with Crippen molar-refractivity contribution in [3.63, 3.8) is 0 Å². The second-order valence-electron chi connectivity index (χ2n) is 5.91. The van der Waals surface area contributed by atoms with E-state index >= 15 is 0 Å². The van der Waals surface area contributed by atoms with E-state index in [1.807, 2.05) is 36.4 Å². The predicted molar refractivity (Wildman–Crippen MR) is 92.7 cm³/mol. The molecule has 0 saturated heterocycles. The van der Waals surface area contributed by atoms with Gasteiger partial charge in [-0.05, 0) is 29.8 Å². The van der Waals surface area contributed by atoms with E-state index < -0.39 is 0 Å². The van der Waals surface area contributed by atoms with Gasteiger partial charge in [-0.1, -0.05) is 35.9 Å². The van der Waals surface area contributed by atoms with Gasteiger partial charge in [0, 0.05) is 23.4 Å². The molecule has 2 heterocycles. The van der Waals surface area contributed by atoms with Crippen molar-refractivity contribution < 1.29 is 9.53 Å². The Labute approximate surface area is 143 Å². The fourth-order valence-electron chi connectivity index (χ4n) is 3.31. The summed E-state index contributed by atoms with van der Waals surface area (Å²) in [7, 11) is 1.74. The van der Waals surface area contributed by atoms with E-state index in [0.717, 1.165) is 16.5 Å². The van der Waals surface area contributed by atoms with Gasteiger partial charge in [-0.15, -0.1) is 0 Å². The van der Waals surface area contributed by atoms with Gasteiger partial charge >= 0.3 is 5.97 Å². The predicted octanol–water partition coefficient (Wildman–Crippen LogP) is 3.63. The van der Waals surface area contributed by atoms with Crippen LogP contribution < -0.4 is 10.3 Å². The number of carbonyl (C=O) groups is 1. The van der Waals surface area contributed by atoms with Gasteiger partial charge in [-0.2, -0.15) is 0 Å². The lowest BCUT2D eigenvalue weighted by molar-refractivity contribution is -0.135. The van der Waals surface area contributed by atoms with Gasteiger partial charge in [-0.25, -0.2) is 0 Å². The van der Waals surface area contributed by atoms with Gasteiger partial charge in [0.2, 0.25) is 0 Å². The third-order valence-corrected chi connectivity index (χ3v) is 4.75. The molecule has 0 amide bonds. The minimum absolute atomic E-state index is 0.141. The van der Waals surface area contributed by atoms with Crippen molar-refractivity contribution in [1.82, 2.24) is 4.57 Å². The van der Waals surface area contributed by atoms with Crippen molar-refractivity contribution in [3.8, 4) is 5.75 Å². The number of hydrogen-bond acceptors (Lipinski definition) is 3. The molecular weight excluding hydrogens is 326 g/mol. The maximum absolute atomic E-state index is 12.9. The highest BCUT2D eigenvalue weighted by atomic mass is 35.5. The SMILES string of the molecule is Cn1c(=O)c2c(c3ccccc31)OC(=O)CC2c1ccc(Cl)cc1. The molecule has 4 nitrogen and oxygen atoms in total. The summed E-state index contributed by atoms with van der Waals surface area (Å²) in [6.07, 6.45) is 0.141. The number of halogens is 1. The van der Waals surface area contributed by atoms with E-state index in [0.29, 0.717) is 16.3 Å². The first-order valence-electron chi connectivity index (χ1n) is 7.64. The summed E-state index contributed by atoms with van der Waals surface area (Å²) in [6.45, 7) is 0. The van der Waals surface area contributed by atoms with Crippen LogP contribution >= 0.6 is 11.6 Å². The van der Waals surface area contributed by atoms with E-state index in [9.17, 15) is 9.59 Å². The summed E-state index contributed by atoms with van der Waals surface area (Å²) < 4.78 is 7.09. The highest BCUT2D eigenvalue weighted by Gasteiger charge is 2.33. The molecule has 1 aromatic heterocycles. The van der Waals surface area contributed by atoms with Crippen molar-refractivity contribution >= 4 is 28.5 Å². The fraction of sp³-hybridized carbons (Fsp3) is 0.158. The Bertz CT molecular complexity index is 1020. The number of esters is 1. The highest BCUT2D eigenvalue weighted by Crippen LogP contribution is 2.40. The maximum Gasteiger partial charge on any atom is 0.312 e. The third-order valence-electron chi connectivity index (χ3n) is 4.50. The van der Waals surface area contributed by atoms with Gasteiger partial charge < -0.3 is 9.30 Å². The first kappa shape index (κ1) is 15.0. The number of ether oxygens (including phenoxy) is 1. The number of aromatic nitrogens is 1. The minimum Gasteiger partial charge on any atom is -0.425 e. The van der Waals surface area contributed by atoms with E-state index in [2.05, 4.69) is 0 Å². The molecule has 0 N–H and O–H groups in total. The lowest BCUT2D eigenvalue weighted by Crippen LogP contribution is -2.31. The molecule has 1 atom stereocenters. The molecule has 0 fully saturated rings. The zero-order valence-electron chi connectivity index (χ0n) is 13.0. The highest BCUT2D eigenvalue weighted by molar-refractivity contribution is 6.30. The molecule has 0 spiro atoms. The zero-order valence-corrected chi connectivity index (χ0v) is 13.7. The monoisotopic (exact) mass is 339 g/mol. The number of pyridine rings is 1. The van der Waals surface area contributed by atoms with E-state index in [-0.39, 0.29) is 23.9 Å². The quantitative estimate of drug-likeness (QED) is 0.636. The number of aryl methyl sites for hydroxylation is 1. The smallest absolute Gasteiger partial charge is 0.312 e. The van der Waals surface area contributed by atoms with Crippen molar-refractivity contribution in [1.29, 1.82) is 0 Å². The molecule has 0 aliphatic carbocycles. The van der Waals surface area contributed by atoms with Crippen LogP contribution in [0, 0.1) is 0 Å². The van der Waals surface area contributed by atoms with Gasteiger partial charge in [0.15, 0.2) is 0 Å². The minimum atomic E-state index is -0.333. The van der Waals surface area contributed by atoms with E-state index in [1.54, 1.807) is 23.7 Å². The fourth-order valence-corrected chi connectivity index (χ4v) is 3.44.